The molecule has 2 nitrogen and oxygen atoms in total. The molecular formula is C13H10BrClFNO. The van der Waals surface area contributed by atoms with Crippen molar-refractivity contribution in [3.05, 3.63) is 57.3 Å². The summed E-state index contributed by atoms with van der Waals surface area (Å²) in [5, 5.41) is 12.6. The number of hydrogen-bond donors (Lipinski definition) is 2. The first-order valence-electron chi connectivity index (χ1n) is 5.22. The number of phenols is 1. The quantitative estimate of drug-likeness (QED) is 0.864. The van der Waals surface area contributed by atoms with Crippen molar-refractivity contribution in [2.75, 3.05) is 5.32 Å². The van der Waals surface area contributed by atoms with Crippen molar-refractivity contribution in [1.29, 1.82) is 0 Å². The maximum atomic E-state index is 13.0. The fourth-order valence-electron chi connectivity index (χ4n) is 1.52. The summed E-state index contributed by atoms with van der Waals surface area (Å²) in [4.78, 5) is 0. The molecule has 0 radical (unpaired) electrons. The minimum Gasteiger partial charge on any atom is -0.508 e. The molecule has 18 heavy (non-hydrogen) atoms. The SMILES string of the molecule is Oc1ccc(CNc2c(Cl)cc(F)cc2Br)cc1. The second-order valence-electron chi connectivity index (χ2n) is 3.76. The van der Waals surface area contributed by atoms with Gasteiger partial charge in [-0.15, -0.1) is 0 Å². The van der Waals surface area contributed by atoms with E-state index in [1.54, 1.807) is 24.3 Å². The molecule has 2 N–H and O–H groups in total. The van der Waals surface area contributed by atoms with E-state index in [2.05, 4.69) is 21.2 Å². The number of benzene rings is 2. The van der Waals surface area contributed by atoms with Crippen LogP contribution in [0.3, 0.4) is 0 Å². The van der Waals surface area contributed by atoms with Crippen molar-refractivity contribution in [1.82, 2.24) is 0 Å². The third-order valence-electron chi connectivity index (χ3n) is 2.41. The molecule has 0 unspecified atom stereocenters. The van der Waals surface area contributed by atoms with Crippen LogP contribution in [0, 0.1) is 5.82 Å². The zero-order valence-corrected chi connectivity index (χ0v) is 11.6. The monoisotopic (exact) mass is 329 g/mol. The van der Waals surface area contributed by atoms with Gasteiger partial charge in [0.1, 0.15) is 11.6 Å². The fraction of sp³-hybridized carbons (Fsp3) is 0.0769. The van der Waals surface area contributed by atoms with Gasteiger partial charge in [-0.25, -0.2) is 4.39 Å². The molecule has 0 atom stereocenters. The number of hydrogen-bond acceptors (Lipinski definition) is 2. The van der Waals surface area contributed by atoms with Gasteiger partial charge in [0.25, 0.3) is 0 Å². The lowest BCUT2D eigenvalue weighted by atomic mass is 10.2. The van der Waals surface area contributed by atoms with Gasteiger partial charge in [0.15, 0.2) is 0 Å². The average molecular weight is 331 g/mol. The first-order valence-corrected chi connectivity index (χ1v) is 6.39. The van der Waals surface area contributed by atoms with Crippen LogP contribution in [0.1, 0.15) is 5.56 Å². The third-order valence-corrected chi connectivity index (χ3v) is 3.34. The summed E-state index contributed by atoms with van der Waals surface area (Å²) in [6.07, 6.45) is 0. The third kappa shape index (κ3) is 3.15. The van der Waals surface area contributed by atoms with Gasteiger partial charge in [-0.05, 0) is 45.8 Å². The van der Waals surface area contributed by atoms with Crippen molar-refractivity contribution in [3.63, 3.8) is 0 Å². The number of rotatable bonds is 3. The number of nitrogens with one attached hydrogen (secondary N) is 1. The standard InChI is InChI=1S/C13H10BrClFNO/c14-11-5-9(16)6-12(15)13(11)17-7-8-1-3-10(18)4-2-8/h1-6,17-18H,7H2. The van der Waals surface area contributed by atoms with Crippen LogP contribution in [-0.2, 0) is 6.54 Å². The summed E-state index contributed by atoms with van der Waals surface area (Å²) in [6, 6.07) is 9.43. The fourth-order valence-corrected chi connectivity index (χ4v) is 2.47. The highest BCUT2D eigenvalue weighted by atomic mass is 79.9. The molecule has 5 heteroatoms. The zero-order valence-electron chi connectivity index (χ0n) is 9.25. The van der Waals surface area contributed by atoms with Gasteiger partial charge in [-0.1, -0.05) is 23.7 Å². The predicted molar refractivity (Wildman–Crippen MR) is 74.5 cm³/mol. The maximum Gasteiger partial charge on any atom is 0.125 e. The molecule has 94 valence electrons. The Labute approximate surface area is 118 Å². The van der Waals surface area contributed by atoms with E-state index in [1.807, 2.05) is 0 Å². The van der Waals surface area contributed by atoms with E-state index in [4.69, 9.17) is 11.6 Å². The van der Waals surface area contributed by atoms with Crippen LogP contribution >= 0.6 is 27.5 Å². The average Bonchev–Trinajstić information content (AvgIpc) is 2.30. The Bertz CT molecular complexity index is 536. The lowest BCUT2D eigenvalue weighted by Crippen LogP contribution is -2.01. The molecule has 0 aromatic heterocycles. The Morgan fingerprint density at radius 1 is 1.22 bits per heavy atom. The molecule has 0 fully saturated rings. The van der Waals surface area contributed by atoms with Crippen molar-refractivity contribution >= 4 is 33.2 Å². The van der Waals surface area contributed by atoms with E-state index < -0.39 is 0 Å². The van der Waals surface area contributed by atoms with Crippen LogP contribution < -0.4 is 5.32 Å². The van der Waals surface area contributed by atoms with E-state index in [0.29, 0.717) is 21.7 Å². The van der Waals surface area contributed by atoms with Crippen LogP contribution in [0.15, 0.2) is 40.9 Å². The second-order valence-corrected chi connectivity index (χ2v) is 5.03. The highest BCUT2D eigenvalue weighted by Crippen LogP contribution is 2.32. The zero-order chi connectivity index (χ0) is 13.1. The van der Waals surface area contributed by atoms with E-state index in [-0.39, 0.29) is 11.6 Å². The van der Waals surface area contributed by atoms with Crippen molar-refractivity contribution < 1.29 is 9.50 Å². The normalized spacial score (nSPS) is 10.4. The lowest BCUT2D eigenvalue weighted by Gasteiger charge is -2.11. The Kier molecular flexibility index (Phi) is 4.09. The smallest absolute Gasteiger partial charge is 0.125 e. The molecule has 2 aromatic rings. The van der Waals surface area contributed by atoms with Gasteiger partial charge >= 0.3 is 0 Å². The lowest BCUT2D eigenvalue weighted by molar-refractivity contribution is 0.475. The van der Waals surface area contributed by atoms with Crippen molar-refractivity contribution in [3.8, 4) is 5.75 Å². The van der Waals surface area contributed by atoms with Crippen LogP contribution in [0.5, 0.6) is 5.75 Å². The summed E-state index contributed by atoms with van der Waals surface area (Å²) in [5.74, 6) is -0.165. The van der Waals surface area contributed by atoms with Crippen LogP contribution in [0.25, 0.3) is 0 Å². The molecule has 0 saturated heterocycles. The van der Waals surface area contributed by atoms with Crippen molar-refractivity contribution in [2.45, 2.75) is 6.54 Å². The summed E-state index contributed by atoms with van der Waals surface area (Å²) < 4.78 is 13.6. The van der Waals surface area contributed by atoms with E-state index >= 15 is 0 Å². The molecular weight excluding hydrogens is 321 g/mol. The van der Waals surface area contributed by atoms with Crippen LogP contribution in [0.2, 0.25) is 5.02 Å². The second kappa shape index (κ2) is 5.59. The molecule has 0 aliphatic carbocycles. The van der Waals surface area contributed by atoms with Gasteiger partial charge in [-0.2, -0.15) is 0 Å². The minimum atomic E-state index is -0.387. The predicted octanol–water partition coefficient (Wildman–Crippen LogP) is 4.56. The highest BCUT2D eigenvalue weighted by molar-refractivity contribution is 9.10. The summed E-state index contributed by atoms with van der Waals surface area (Å²) in [5.41, 5.74) is 1.63. The molecule has 2 rings (SSSR count). The Morgan fingerprint density at radius 2 is 1.89 bits per heavy atom. The molecule has 0 bridgehead atoms. The Morgan fingerprint density at radius 3 is 2.50 bits per heavy atom. The summed E-state index contributed by atoms with van der Waals surface area (Å²) >= 11 is 9.21. The topological polar surface area (TPSA) is 32.3 Å². The summed E-state index contributed by atoms with van der Waals surface area (Å²) in [6.45, 7) is 0.532. The van der Waals surface area contributed by atoms with Gasteiger partial charge in [0.05, 0.1) is 10.7 Å². The van der Waals surface area contributed by atoms with Gasteiger partial charge in [0.2, 0.25) is 0 Å². The first-order chi connectivity index (χ1) is 8.56. The molecule has 0 aliphatic heterocycles. The number of anilines is 1. The van der Waals surface area contributed by atoms with Gasteiger partial charge in [-0.3, -0.25) is 0 Å². The molecule has 0 aliphatic rings. The Hall–Kier alpha value is -1.26. The number of halogens is 3. The first kappa shape index (κ1) is 13.2. The molecule has 0 spiro atoms. The molecule has 0 amide bonds. The van der Waals surface area contributed by atoms with E-state index in [1.165, 1.54) is 12.1 Å². The van der Waals surface area contributed by atoms with Crippen LogP contribution in [0.4, 0.5) is 10.1 Å². The number of phenolic OH excluding ortho intramolecular Hbond substituents is 1. The molecule has 0 heterocycles. The van der Waals surface area contributed by atoms with E-state index in [0.717, 1.165) is 5.56 Å². The van der Waals surface area contributed by atoms with Gasteiger partial charge < -0.3 is 10.4 Å². The van der Waals surface area contributed by atoms with Crippen LogP contribution in [-0.4, -0.2) is 5.11 Å². The van der Waals surface area contributed by atoms with Crippen molar-refractivity contribution in [2.24, 2.45) is 0 Å². The Balaban J connectivity index is 2.13. The number of aromatic hydroxyl groups is 1. The maximum absolute atomic E-state index is 13.0. The van der Waals surface area contributed by atoms with E-state index in [9.17, 15) is 9.50 Å². The molecule has 2 aromatic carbocycles. The minimum absolute atomic E-state index is 0.222. The van der Waals surface area contributed by atoms with Gasteiger partial charge in [0, 0.05) is 11.0 Å². The largest absolute Gasteiger partial charge is 0.508 e. The highest BCUT2D eigenvalue weighted by Gasteiger charge is 2.07. The summed E-state index contributed by atoms with van der Waals surface area (Å²) in [7, 11) is 0. The molecule has 0 saturated carbocycles.